The van der Waals surface area contributed by atoms with Gasteiger partial charge in [0.15, 0.2) is 5.78 Å². The number of carboxylic acid groups (broad SMARTS) is 1. The average molecular weight is 489 g/mol. The smallest absolute Gasteiger partial charge is 0.325 e. The molecule has 0 saturated heterocycles. The quantitative estimate of drug-likeness (QED) is 0.324. The summed E-state index contributed by atoms with van der Waals surface area (Å²) in [5.74, 6) is -3.87. The van der Waals surface area contributed by atoms with Crippen molar-refractivity contribution < 1.29 is 23.5 Å². The predicted octanol–water partition coefficient (Wildman–Crippen LogP) is 3.84. The van der Waals surface area contributed by atoms with Crippen molar-refractivity contribution in [2.45, 2.75) is 12.6 Å². The maximum Gasteiger partial charge on any atom is 0.325 e. The monoisotopic (exact) mass is 489 g/mol. The SMILES string of the molecule is Nc1c(C(=O)c2ccc(F)cc2F)ccc(=O)n1-c1ccc(CN[C@H](C(=O)O)c2ccccc2)cc1. The van der Waals surface area contributed by atoms with E-state index >= 15 is 0 Å². The Balaban J connectivity index is 1.58. The second-order valence-electron chi connectivity index (χ2n) is 7.99. The van der Waals surface area contributed by atoms with E-state index < -0.39 is 35.0 Å². The van der Waals surface area contributed by atoms with Gasteiger partial charge in [-0.2, -0.15) is 0 Å². The zero-order valence-electron chi connectivity index (χ0n) is 18.8. The Morgan fingerprint density at radius 3 is 2.22 bits per heavy atom. The number of nitrogen functional groups attached to an aromatic ring is 1. The van der Waals surface area contributed by atoms with Gasteiger partial charge in [-0.15, -0.1) is 0 Å². The molecule has 0 unspecified atom stereocenters. The molecule has 3 aromatic carbocycles. The number of carbonyl (C=O) groups excluding carboxylic acids is 1. The molecule has 1 aromatic heterocycles. The lowest BCUT2D eigenvalue weighted by Gasteiger charge is -2.16. The van der Waals surface area contributed by atoms with Crippen LogP contribution in [-0.4, -0.2) is 21.4 Å². The summed E-state index contributed by atoms with van der Waals surface area (Å²) in [6.07, 6.45) is 0. The summed E-state index contributed by atoms with van der Waals surface area (Å²) in [5, 5.41) is 12.5. The van der Waals surface area contributed by atoms with Crippen molar-refractivity contribution in [1.82, 2.24) is 9.88 Å². The number of halogens is 2. The minimum absolute atomic E-state index is 0.113. The van der Waals surface area contributed by atoms with Crippen LogP contribution < -0.4 is 16.6 Å². The lowest BCUT2D eigenvalue weighted by molar-refractivity contribution is -0.139. The van der Waals surface area contributed by atoms with Crippen molar-refractivity contribution in [1.29, 1.82) is 0 Å². The number of hydrogen-bond acceptors (Lipinski definition) is 5. The minimum Gasteiger partial charge on any atom is -0.480 e. The normalized spacial score (nSPS) is 11.7. The highest BCUT2D eigenvalue weighted by molar-refractivity contribution is 6.11. The average Bonchev–Trinajstić information content (AvgIpc) is 2.85. The summed E-state index contributed by atoms with van der Waals surface area (Å²) in [6.45, 7) is 0.235. The van der Waals surface area contributed by atoms with Crippen LogP contribution in [-0.2, 0) is 11.3 Å². The highest BCUT2D eigenvalue weighted by Crippen LogP contribution is 2.21. The molecule has 0 radical (unpaired) electrons. The first-order chi connectivity index (χ1) is 17.3. The van der Waals surface area contributed by atoms with Gasteiger partial charge in [0.1, 0.15) is 23.5 Å². The van der Waals surface area contributed by atoms with Crippen LogP contribution >= 0.6 is 0 Å². The Bertz CT molecular complexity index is 1490. The van der Waals surface area contributed by atoms with Crippen LogP contribution in [0, 0.1) is 11.6 Å². The topological polar surface area (TPSA) is 114 Å². The fraction of sp³-hybridized carbons (Fsp3) is 0.0741. The Labute approximate surface area is 204 Å². The third kappa shape index (κ3) is 5.06. The number of nitrogens with zero attached hydrogens (tertiary/aromatic N) is 1. The van der Waals surface area contributed by atoms with E-state index in [1.165, 1.54) is 6.07 Å². The number of carbonyl (C=O) groups is 2. The standard InChI is InChI=1S/C27H21F2N3O4/c28-18-8-11-20(22(29)14-18)25(34)21-12-13-23(33)32(26(21)30)19-9-6-16(7-10-19)15-31-24(27(35)36)17-4-2-1-3-5-17/h1-14,24,31H,15,30H2,(H,35,36)/t24-/m0/s1. The van der Waals surface area contributed by atoms with E-state index in [-0.39, 0.29) is 23.5 Å². The van der Waals surface area contributed by atoms with Crippen molar-refractivity contribution >= 4 is 17.6 Å². The van der Waals surface area contributed by atoms with Crippen LogP contribution in [0.4, 0.5) is 14.6 Å². The molecule has 182 valence electrons. The van der Waals surface area contributed by atoms with Gasteiger partial charge in [-0.25, -0.2) is 8.78 Å². The fourth-order valence-electron chi connectivity index (χ4n) is 3.81. The van der Waals surface area contributed by atoms with E-state index in [2.05, 4.69) is 5.32 Å². The molecule has 4 aromatic rings. The van der Waals surface area contributed by atoms with Gasteiger partial charge in [0.25, 0.3) is 5.56 Å². The Hall–Kier alpha value is -4.63. The lowest BCUT2D eigenvalue weighted by atomic mass is 10.0. The van der Waals surface area contributed by atoms with Gasteiger partial charge < -0.3 is 10.8 Å². The molecule has 4 rings (SSSR count). The number of nitrogens with one attached hydrogen (secondary N) is 1. The van der Waals surface area contributed by atoms with Gasteiger partial charge in [-0.05, 0) is 41.5 Å². The Kier molecular flexibility index (Phi) is 7.03. The fourth-order valence-corrected chi connectivity index (χ4v) is 3.81. The maximum absolute atomic E-state index is 14.1. The molecule has 0 aliphatic carbocycles. The van der Waals surface area contributed by atoms with Gasteiger partial charge in [-0.1, -0.05) is 42.5 Å². The van der Waals surface area contributed by atoms with Crippen LogP contribution in [0.2, 0.25) is 0 Å². The molecule has 1 atom stereocenters. The van der Waals surface area contributed by atoms with Crippen molar-refractivity contribution in [3.8, 4) is 5.69 Å². The number of aliphatic carboxylic acids is 1. The van der Waals surface area contributed by atoms with Crippen LogP contribution in [0.5, 0.6) is 0 Å². The highest BCUT2D eigenvalue weighted by Gasteiger charge is 2.21. The Morgan fingerprint density at radius 1 is 0.917 bits per heavy atom. The molecule has 7 nitrogen and oxygen atoms in total. The third-order valence-corrected chi connectivity index (χ3v) is 5.63. The zero-order valence-corrected chi connectivity index (χ0v) is 18.8. The molecule has 0 amide bonds. The number of hydrogen-bond donors (Lipinski definition) is 3. The number of anilines is 1. The molecule has 0 aliphatic heterocycles. The predicted molar refractivity (Wildman–Crippen MR) is 130 cm³/mol. The molecular weight excluding hydrogens is 468 g/mol. The van der Waals surface area contributed by atoms with E-state index in [0.717, 1.165) is 28.3 Å². The number of carboxylic acids is 1. The number of rotatable bonds is 8. The van der Waals surface area contributed by atoms with Gasteiger partial charge in [0.2, 0.25) is 0 Å². The van der Waals surface area contributed by atoms with E-state index in [4.69, 9.17) is 5.73 Å². The molecule has 0 fully saturated rings. The van der Waals surface area contributed by atoms with E-state index in [1.807, 2.05) is 0 Å². The highest BCUT2D eigenvalue weighted by atomic mass is 19.1. The third-order valence-electron chi connectivity index (χ3n) is 5.63. The summed E-state index contributed by atoms with van der Waals surface area (Å²) < 4.78 is 28.5. The van der Waals surface area contributed by atoms with Crippen molar-refractivity contribution in [2.24, 2.45) is 0 Å². The van der Waals surface area contributed by atoms with Gasteiger partial charge in [0.05, 0.1) is 16.8 Å². The molecule has 36 heavy (non-hydrogen) atoms. The second kappa shape index (κ2) is 10.3. The van der Waals surface area contributed by atoms with E-state index in [9.17, 15) is 28.3 Å². The summed E-state index contributed by atoms with van der Waals surface area (Å²) >= 11 is 0. The van der Waals surface area contributed by atoms with Crippen molar-refractivity contribution in [3.05, 3.63) is 129 Å². The number of nitrogens with two attached hydrogens (primary N) is 1. The molecule has 4 N–H and O–H groups in total. The zero-order chi connectivity index (χ0) is 25.8. The number of benzene rings is 3. The number of pyridine rings is 1. The number of ketones is 1. The van der Waals surface area contributed by atoms with Crippen LogP contribution in [0.3, 0.4) is 0 Å². The maximum atomic E-state index is 14.1. The van der Waals surface area contributed by atoms with Crippen LogP contribution in [0.1, 0.15) is 33.1 Å². The van der Waals surface area contributed by atoms with Gasteiger partial charge >= 0.3 is 5.97 Å². The summed E-state index contributed by atoms with van der Waals surface area (Å²) in [6, 6.07) is 19.3. The first-order valence-corrected chi connectivity index (χ1v) is 10.9. The minimum atomic E-state index is -1.04. The summed E-state index contributed by atoms with van der Waals surface area (Å²) in [4.78, 5) is 37.1. The molecule has 9 heteroatoms. The first-order valence-electron chi connectivity index (χ1n) is 10.9. The number of aromatic nitrogens is 1. The summed E-state index contributed by atoms with van der Waals surface area (Å²) in [7, 11) is 0. The van der Waals surface area contributed by atoms with Crippen molar-refractivity contribution in [3.63, 3.8) is 0 Å². The first kappa shape index (κ1) is 24.5. The largest absolute Gasteiger partial charge is 0.480 e. The molecule has 0 saturated carbocycles. The van der Waals surface area contributed by atoms with Crippen LogP contribution in [0.25, 0.3) is 5.69 Å². The molecular formula is C27H21F2N3O4. The Morgan fingerprint density at radius 2 is 1.58 bits per heavy atom. The van der Waals surface area contributed by atoms with Gasteiger partial charge in [-0.3, -0.25) is 24.3 Å². The van der Waals surface area contributed by atoms with E-state index in [0.29, 0.717) is 17.3 Å². The van der Waals surface area contributed by atoms with E-state index in [1.54, 1.807) is 54.6 Å². The van der Waals surface area contributed by atoms with Crippen molar-refractivity contribution in [2.75, 3.05) is 5.73 Å². The second-order valence-corrected chi connectivity index (χ2v) is 7.99. The molecule has 0 bridgehead atoms. The summed E-state index contributed by atoms with van der Waals surface area (Å²) in [5.41, 5.74) is 6.85. The van der Waals surface area contributed by atoms with Gasteiger partial charge in [0, 0.05) is 18.7 Å². The van der Waals surface area contributed by atoms with Crippen LogP contribution in [0.15, 0.2) is 89.7 Å². The molecule has 0 spiro atoms. The molecule has 1 heterocycles. The lowest BCUT2D eigenvalue weighted by Crippen LogP contribution is -2.28. The molecule has 0 aliphatic rings.